The summed E-state index contributed by atoms with van der Waals surface area (Å²) >= 11 is 0. The molecule has 1 aliphatic rings. The lowest BCUT2D eigenvalue weighted by molar-refractivity contribution is -0.402. The second-order valence-corrected chi connectivity index (χ2v) is 4.28. The van der Waals surface area contributed by atoms with Gasteiger partial charge in [0.1, 0.15) is 10.7 Å². The molecule has 2 rings (SSSR count). The summed E-state index contributed by atoms with van der Waals surface area (Å²) in [4.78, 5) is 9.91. The van der Waals surface area contributed by atoms with Crippen molar-refractivity contribution in [2.45, 2.75) is 38.5 Å². The summed E-state index contributed by atoms with van der Waals surface area (Å²) in [5.41, 5.74) is 0. The van der Waals surface area contributed by atoms with E-state index < -0.39 is 4.92 Å². The van der Waals surface area contributed by atoms with Crippen LogP contribution in [0.15, 0.2) is 16.5 Å². The molecule has 0 amide bonds. The van der Waals surface area contributed by atoms with Crippen molar-refractivity contribution in [2.24, 2.45) is 0 Å². The molecule has 1 N–H and O–H groups in total. The van der Waals surface area contributed by atoms with Crippen LogP contribution in [0.2, 0.25) is 0 Å². The molecule has 6 heteroatoms. The number of furan rings is 1. The molecular weight excluding hydrogens is 224 g/mol. The van der Waals surface area contributed by atoms with E-state index in [9.17, 15) is 10.1 Å². The Morgan fingerprint density at radius 1 is 1.59 bits per heavy atom. The molecule has 0 spiro atoms. The molecule has 2 atom stereocenters. The number of nitrogens with zero attached hydrogens (tertiary/aromatic N) is 1. The minimum Gasteiger partial charge on any atom is -0.404 e. The molecule has 17 heavy (non-hydrogen) atoms. The molecule has 2 heterocycles. The first kappa shape index (κ1) is 12.1. The summed E-state index contributed by atoms with van der Waals surface area (Å²) in [6.07, 6.45) is 2.20. The Kier molecular flexibility index (Phi) is 3.75. The number of nitrogens with one attached hydrogen (secondary N) is 1. The molecule has 1 saturated heterocycles. The fourth-order valence-corrected chi connectivity index (χ4v) is 1.99. The Balaban J connectivity index is 1.82. The molecule has 0 aliphatic carbocycles. The highest BCUT2D eigenvalue weighted by Gasteiger charge is 2.19. The quantitative estimate of drug-likeness (QED) is 0.641. The van der Waals surface area contributed by atoms with Gasteiger partial charge in [0.15, 0.2) is 0 Å². The van der Waals surface area contributed by atoms with Gasteiger partial charge in [-0.25, -0.2) is 0 Å². The van der Waals surface area contributed by atoms with E-state index in [1.54, 1.807) is 6.07 Å². The van der Waals surface area contributed by atoms with E-state index in [1.807, 2.05) is 6.92 Å². The first-order chi connectivity index (χ1) is 8.15. The van der Waals surface area contributed by atoms with Gasteiger partial charge in [-0.2, -0.15) is 0 Å². The summed E-state index contributed by atoms with van der Waals surface area (Å²) in [5, 5.41) is 13.8. The molecule has 0 aromatic carbocycles. The van der Waals surface area contributed by atoms with Crippen molar-refractivity contribution in [3.05, 3.63) is 28.0 Å². The standard InChI is InChI=1S/C11H16N2O4/c1-8-6-9(4-5-16-8)12-7-10-2-3-11(17-10)13(14)15/h2-3,8-9,12H,4-7H2,1H3. The molecule has 1 fully saturated rings. The summed E-state index contributed by atoms with van der Waals surface area (Å²) in [6, 6.07) is 3.40. The van der Waals surface area contributed by atoms with E-state index >= 15 is 0 Å². The smallest absolute Gasteiger partial charge is 0.404 e. The molecular formula is C11H16N2O4. The van der Waals surface area contributed by atoms with Gasteiger partial charge in [-0.05, 0) is 25.8 Å². The first-order valence-corrected chi connectivity index (χ1v) is 5.73. The van der Waals surface area contributed by atoms with Crippen molar-refractivity contribution in [2.75, 3.05) is 6.61 Å². The van der Waals surface area contributed by atoms with Gasteiger partial charge in [-0.15, -0.1) is 0 Å². The van der Waals surface area contributed by atoms with Gasteiger partial charge in [0.05, 0.1) is 18.7 Å². The van der Waals surface area contributed by atoms with E-state index in [0.29, 0.717) is 18.3 Å². The summed E-state index contributed by atoms with van der Waals surface area (Å²) in [6.45, 7) is 3.33. The Morgan fingerprint density at radius 3 is 3.06 bits per heavy atom. The largest absolute Gasteiger partial charge is 0.433 e. The van der Waals surface area contributed by atoms with Gasteiger partial charge < -0.3 is 14.5 Å². The lowest BCUT2D eigenvalue weighted by Crippen LogP contribution is -2.37. The van der Waals surface area contributed by atoms with Crippen molar-refractivity contribution < 1.29 is 14.1 Å². The van der Waals surface area contributed by atoms with E-state index in [2.05, 4.69) is 5.32 Å². The maximum atomic E-state index is 10.4. The lowest BCUT2D eigenvalue weighted by Gasteiger charge is -2.27. The van der Waals surface area contributed by atoms with Crippen LogP contribution in [0.5, 0.6) is 0 Å². The molecule has 6 nitrogen and oxygen atoms in total. The van der Waals surface area contributed by atoms with Crippen LogP contribution in [-0.2, 0) is 11.3 Å². The third-order valence-corrected chi connectivity index (χ3v) is 2.88. The molecule has 0 saturated carbocycles. The van der Waals surface area contributed by atoms with Gasteiger partial charge in [0.25, 0.3) is 0 Å². The Bertz CT molecular complexity index is 391. The highest BCUT2D eigenvalue weighted by molar-refractivity contribution is 5.17. The molecule has 0 radical (unpaired) electrons. The number of rotatable bonds is 4. The highest BCUT2D eigenvalue weighted by atomic mass is 16.6. The van der Waals surface area contributed by atoms with Crippen LogP contribution in [0.25, 0.3) is 0 Å². The van der Waals surface area contributed by atoms with Gasteiger partial charge in [-0.3, -0.25) is 10.1 Å². The zero-order valence-corrected chi connectivity index (χ0v) is 9.72. The fraction of sp³-hybridized carbons (Fsp3) is 0.636. The number of hydrogen-bond donors (Lipinski definition) is 1. The average molecular weight is 240 g/mol. The van der Waals surface area contributed by atoms with Crippen LogP contribution in [0.1, 0.15) is 25.5 Å². The van der Waals surface area contributed by atoms with Crippen LogP contribution in [-0.4, -0.2) is 23.7 Å². The molecule has 94 valence electrons. The zero-order chi connectivity index (χ0) is 12.3. The van der Waals surface area contributed by atoms with E-state index in [4.69, 9.17) is 9.15 Å². The van der Waals surface area contributed by atoms with Crippen molar-refractivity contribution >= 4 is 5.88 Å². The van der Waals surface area contributed by atoms with Crippen molar-refractivity contribution in [3.63, 3.8) is 0 Å². The van der Waals surface area contributed by atoms with E-state index in [-0.39, 0.29) is 12.0 Å². The Morgan fingerprint density at radius 2 is 2.41 bits per heavy atom. The minimum absolute atomic E-state index is 0.206. The van der Waals surface area contributed by atoms with Crippen LogP contribution < -0.4 is 5.32 Å². The number of hydrogen-bond acceptors (Lipinski definition) is 5. The fourth-order valence-electron chi connectivity index (χ4n) is 1.99. The summed E-state index contributed by atoms with van der Waals surface area (Å²) in [7, 11) is 0. The summed E-state index contributed by atoms with van der Waals surface area (Å²) in [5.74, 6) is 0.387. The zero-order valence-electron chi connectivity index (χ0n) is 9.72. The minimum atomic E-state index is -0.528. The van der Waals surface area contributed by atoms with Gasteiger partial charge in [0.2, 0.25) is 0 Å². The van der Waals surface area contributed by atoms with Crippen LogP contribution in [0.3, 0.4) is 0 Å². The Labute approximate surface area is 99.1 Å². The van der Waals surface area contributed by atoms with E-state index in [1.165, 1.54) is 6.07 Å². The first-order valence-electron chi connectivity index (χ1n) is 5.73. The lowest BCUT2D eigenvalue weighted by atomic mass is 10.0. The van der Waals surface area contributed by atoms with Gasteiger partial charge in [-0.1, -0.05) is 0 Å². The number of nitro groups is 1. The third-order valence-electron chi connectivity index (χ3n) is 2.88. The molecule has 1 aliphatic heterocycles. The molecule has 1 aromatic rings. The van der Waals surface area contributed by atoms with Crippen molar-refractivity contribution in [1.82, 2.24) is 5.32 Å². The SMILES string of the molecule is CC1CC(NCc2ccc([N+](=O)[O-])o2)CCO1. The monoisotopic (exact) mass is 240 g/mol. The molecule has 1 aromatic heterocycles. The van der Waals surface area contributed by atoms with Crippen LogP contribution in [0.4, 0.5) is 5.88 Å². The van der Waals surface area contributed by atoms with Crippen LogP contribution in [0, 0.1) is 10.1 Å². The Hall–Kier alpha value is -1.40. The van der Waals surface area contributed by atoms with Crippen molar-refractivity contribution in [3.8, 4) is 0 Å². The van der Waals surface area contributed by atoms with Gasteiger partial charge in [0, 0.05) is 12.6 Å². The third kappa shape index (κ3) is 3.28. The van der Waals surface area contributed by atoms with Crippen molar-refractivity contribution in [1.29, 1.82) is 0 Å². The average Bonchev–Trinajstić information content (AvgIpc) is 2.75. The highest BCUT2D eigenvalue weighted by Crippen LogP contribution is 2.17. The second-order valence-electron chi connectivity index (χ2n) is 4.28. The molecule has 2 unspecified atom stereocenters. The topological polar surface area (TPSA) is 77.5 Å². The van der Waals surface area contributed by atoms with Crippen LogP contribution >= 0.6 is 0 Å². The molecule has 0 bridgehead atoms. The predicted molar refractivity (Wildman–Crippen MR) is 60.6 cm³/mol. The van der Waals surface area contributed by atoms with E-state index in [0.717, 1.165) is 19.4 Å². The normalized spacial score (nSPS) is 24.8. The van der Waals surface area contributed by atoms with Gasteiger partial charge >= 0.3 is 5.88 Å². The maximum absolute atomic E-state index is 10.4. The summed E-state index contributed by atoms with van der Waals surface area (Å²) < 4.78 is 10.5. The second kappa shape index (κ2) is 5.29. The predicted octanol–water partition coefficient (Wildman–Crippen LogP) is 1.84. The maximum Gasteiger partial charge on any atom is 0.433 e. The number of ether oxygens (including phenoxy) is 1.